The lowest BCUT2D eigenvalue weighted by Crippen LogP contribution is -2.19. The van der Waals surface area contributed by atoms with Crippen LogP contribution in [0.1, 0.15) is 5.56 Å². The number of hydrogen-bond donors (Lipinski definition) is 2. The largest absolute Gasteiger partial charge is 0.423 e. The molecule has 0 saturated carbocycles. The molecular formula is C16H13N3O2S. The molecule has 0 amide bonds. The Labute approximate surface area is 132 Å². The lowest BCUT2D eigenvalue weighted by Gasteiger charge is -2.10. The van der Waals surface area contributed by atoms with E-state index in [1.54, 1.807) is 12.3 Å². The molecule has 0 atom stereocenters. The van der Waals surface area contributed by atoms with Gasteiger partial charge in [0.05, 0.1) is 0 Å². The maximum atomic E-state index is 11.4. The Morgan fingerprint density at radius 1 is 1.18 bits per heavy atom. The fraction of sp³-hybridized carbons (Fsp3) is 0.0625. The van der Waals surface area contributed by atoms with Gasteiger partial charge in [0.15, 0.2) is 5.11 Å². The van der Waals surface area contributed by atoms with Crippen molar-refractivity contribution in [3.63, 3.8) is 0 Å². The van der Waals surface area contributed by atoms with Crippen molar-refractivity contribution in [2.24, 2.45) is 0 Å². The van der Waals surface area contributed by atoms with Crippen molar-refractivity contribution in [2.45, 2.75) is 6.92 Å². The smallest absolute Gasteiger partial charge is 0.336 e. The molecule has 22 heavy (non-hydrogen) atoms. The summed E-state index contributed by atoms with van der Waals surface area (Å²) in [5.74, 6) is 0.656. The topological polar surface area (TPSA) is 67.2 Å². The van der Waals surface area contributed by atoms with E-state index in [-0.39, 0.29) is 5.63 Å². The molecule has 110 valence electrons. The molecule has 0 aliphatic rings. The minimum absolute atomic E-state index is 0.365. The van der Waals surface area contributed by atoms with E-state index in [2.05, 4.69) is 15.6 Å². The van der Waals surface area contributed by atoms with Crippen LogP contribution in [-0.2, 0) is 0 Å². The van der Waals surface area contributed by atoms with Crippen LogP contribution in [0.2, 0.25) is 0 Å². The van der Waals surface area contributed by atoms with E-state index in [9.17, 15) is 4.79 Å². The third-order valence-corrected chi connectivity index (χ3v) is 3.32. The lowest BCUT2D eigenvalue weighted by atomic mass is 10.1. The molecule has 0 unspecified atom stereocenters. The molecule has 0 aliphatic carbocycles. The molecule has 1 aromatic carbocycles. The zero-order valence-corrected chi connectivity index (χ0v) is 12.6. The quantitative estimate of drug-likeness (QED) is 0.559. The normalized spacial score (nSPS) is 10.4. The van der Waals surface area contributed by atoms with E-state index < -0.39 is 0 Å². The number of pyridine rings is 1. The summed E-state index contributed by atoms with van der Waals surface area (Å²) in [5.41, 5.74) is 1.77. The summed E-state index contributed by atoms with van der Waals surface area (Å²) in [4.78, 5) is 15.6. The van der Waals surface area contributed by atoms with Crippen LogP contribution in [-0.4, -0.2) is 10.1 Å². The van der Waals surface area contributed by atoms with E-state index in [0.717, 1.165) is 16.6 Å². The summed E-state index contributed by atoms with van der Waals surface area (Å²) < 4.78 is 5.21. The molecule has 0 saturated heterocycles. The zero-order valence-electron chi connectivity index (χ0n) is 11.8. The van der Waals surface area contributed by atoms with Gasteiger partial charge in [0.25, 0.3) is 0 Å². The van der Waals surface area contributed by atoms with Crippen LogP contribution >= 0.6 is 12.2 Å². The van der Waals surface area contributed by atoms with Gasteiger partial charge in [-0.25, -0.2) is 9.78 Å². The van der Waals surface area contributed by atoms with E-state index >= 15 is 0 Å². The van der Waals surface area contributed by atoms with E-state index in [0.29, 0.717) is 16.5 Å². The van der Waals surface area contributed by atoms with E-state index in [1.807, 2.05) is 37.3 Å². The van der Waals surface area contributed by atoms with Gasteiger partial charge in [0.1, 0.15) is 11.4 Å². The lowest BCUT2D eigenvalue weighted by molar-refractivity contribution is 0.560. The van der Waals surface area contributed by atoms with Gasteiger partial charge in [0.2, 0.25) is 0 Å². The minimum Gasteiger partial charge on any atom is -0.423 e. The Bertz CT molecular complexity index is 891. The van der Waals surface area contributed by atoms with Gasteiger partial charge < -0.3 is 15.1 Å². The van der Waals surface area contributed by atoms with Crippen molar-refractivity contribution in [3.8, 4) is 0 Å². The number of thiocarbonyl (C=S) groups is 1. The van der Waals surface area contributed by atoms with Crippen LogP contribution in [0.3, 0.4) is 0 Å². The first kappa shape index (κ1) is 14.2. The molecule has 2 N–H and O–H groups in total. The number of aromatic nitrogens is 1. The molecular weight excluding hydrogens is 298 g/mol. The number of nitrogens with one attached hydrogen (secondary N) is 2. The second kappa shape index (κ2) is 5.95. The molecule has 0 bridgehead atoms. The fourth-order valence-corrected chi connectivity index (χ4v) is 2.34. The van der Waals surface area contributed by atoms with Gasteiger partial charge >= 0.3 is 5.63 Å². The molecule has 6 heteroatoms. The van der Waals surface area contributed by atoms with Crippen molar-refractivity contribution >= 4 is 39.8 Å². The molecule has 3 rings (SSSR count). The second-order valence-electron chi connectivity index (χ2n) is 4.75. The molecule has 3 aromatic rings. The molecule has 2 heterocycles. The highest BCUT2D eigenvalue weighted by atomic mass is 32.1. The summed E-state index contributed by atoms with van der Waals surface area (Å²) >= 11 is 5.24. The Kier molecular flexibility index (Phi) is 3.84. The van der Waals surface area contributed by atoms with Crippen LogP contribution in [0.4, 0.5) is 11.5 Å². The second-order valence-corrected chi connectivity index (χ2v) is 5.16. The monoisotopic (exact) mass is 311 g/mol. The van der Waals surface area contributed by atoms with Crippen molar-refractivity contribution < 1.29 is 4.42 Å². The van der Waals surface area contributed by atoms with Crippen molar-refractivity contribution in [1.29, 1.82) is 0 Å². The third-order valence-electron chi connectivity index (χ3n) is 3.12. The molecule has 0 spiro atoms. The standard InChI is InChI=1S/C16H13N3O2S/c1-10-8-15(20)21-13-9-11(5-6-12(10)13)18-16(22)19-14-4-2-3-7-17-14/h2-9H,1H3,(H2,17,18,19,22). The fourth-order valence-electron chi connectivity index (χ4n) is 2.12. The van der Waals surface area contributed by atoms with E-state index in [4.69, 9.17) is 16.6 Å². The first-order chi connectivity index (χ1) is 10.6. The van der Waals surface area contributed by atoms with Gasteiger partial charge in [-0.3, -0.25) is 0 Å². The van der Waals surface area contributed by atoms with Crippen molar-refractivity contribution in [2.75, 3.05) is 10.6 Å². The number of anilines is 2. The average molecular weight is 311 g/mol. The highest BCUT2D eigenvalue weighted by Crippen LogP contribution is 2.20. The summed E-state index contributed by atoms with van der Waals surface area (Å²) in [6.45, 7) is 1.87. The maximum Gasteiger partial charge on any atom is 0.336 e. The van der Waals surface area contributed by atoms with Crippen molar-refractivity contribution in [3.05, 3.63) is 64.6 Å². The van der Waals surface area contributed by atoms with Gasteiger partial charge in [-0.2, -0.15) is 0 Å². The van der Waals surface area contributed by atoms with Gasteiger partial charge in [-0.1, -0.05) is 6.07 Å². The number of fused-ring (bicyclic) bond motifs is 1. The van der Waals surface area contributed by atoms with E-state index in [1.165, 1.54) is 6.07 Å². The summed E-state index contributed by atoms with van der Waals surface area (Å²) in [5, 5.41) is 7.33. The number of hydrogen-bond acceptors (Lipinski definition) is 4. The first-order valence-electron chi connectivity index (χ1n) is 6.65. The number of benzene rings is 1. The average Bonchev–Trinajstić information content (AvgIpc) is 2.47. The summed E-state index contributed by atoms with van der Waals surface area (Å²) in [7, 11) is 0. The zero-order chi connectivity index (χ0) is 15.5. The number of rotatable bonds is 2. The summed E-state index contributed by atoms with van der Waals surface area (Å²) in [6.07, 6.45) is 1.68. The van der Waals surface area contributed by atoms with Crippen molar-refractivity contribution in [1.82, 2.24) is 4.98 Å². The SMILES string of the molecule is Cc1cc(=O)oc2cc(NC(=S)Nc3ccccn3)ccc12. The Hall–Kier alpha value is -2.73. The van der Waals surface area contributed by atoms with Crippen LogP contribution in [0.5, 0.6) is 0 Å². The van der Waals surface area contributed by atoms with Crippen LogP contribution in [0, 0.1) is 6.92 Å². The number of aryl methyl sites for hydroxylation is 1. The Balaban J connectivity index is 1.82. The Morgan fingerprint density at radius 2 is 2.05 bits per heavy atom. The van der Waals surface area contributed by atoms with Crippen LogP contribution < -0.4 is 16.3 Å². The predicted octanol–water partition coefficient (Wildman–Crippen LogP) is 3.31. The Morgan fingerprint density at radius 3 is 2.82 bits per heavy atom. The first-order valence-corrected chi connectivity index (χ1v) is 7.06. The highest BCUT2D eigenvalue weighted by Gasteiger charge is 2.05. The number of nitrogens with zero attached hydrogens (tertiary/aromatic N) is 1. The molecule has 2 aromatic heterocycles. The van der Waals surface area contributed by atoms with Gasteiger partial charge in [-0.15, -0.1) is 0 Å². The highest BCUT2D eigenvalue weighted by molar-refractivity contribution is 7.80. The van der Waals surface area contributed by atoms with Crippen LogP contribution in [0.15, 0.2) is 57.9 Å². The predicted molar refractivity (Wildman–Crippen MR) is 91.3 cm³/mol. The molecule has 5 nitrogen and oxygen atoms in total. The van der Waals surface area contributed by atoms with Gasteiger partial charge in [0, 0.05) is 29.4 Å². The molecule has 0 fully saturated rings. The molecule has 0 radical (unpaired) electrons. The molecule has 0 aliphatic heterocycles. The van der Waals surface area contributed by atoms with Gasteiger partial charge in [-0.05, 0) is 49.0 Å². The maximum absolute atomic E-state index is 11.4. The minimum atomic E-state index is -0.365. The third kappa shape index (κ3) is 3.12. The van der Waals surface area contributed by atoms with Crippen LogP contribution in [0.25, 0.3) is 11.0 Å². The summed E-state index contributed by atoms with van der Waals surface area (Å²) in [6, 6.07) is 12.5.